The predicted octanol–water partition coefficient (Wildman–Crippen LogP) is 1.78. The standard InChI is InChI=1S/C10H10O3S/c11-5-1-2-7-3-4-9-8(6-7)13-10(12)14-9/h3-4,6,11H,1-2,5H2. The second kappa shape index (κ2) is 3.94. The van der Waals surface area contributed by atoms with Crippen LogP contribution in [0.25, 0.3) is 10.3 Å². The van der Waals surface area contributed by atoms with Crippen LogP contribution in [0.15, 0.2) is 27.4 Å². The Morgan fingerprint density at radius 2 is 2.29 bits per heavy atom. The van der Waals surface area contributed by atoms with Crippen LogP contribution < -0.4 is 4.94 Å². The molecule has 3 nitrogen and oxygen atoms in total. The molecule has 74 valence electrons. The molecule has 2 rings (SSSR count). The molecule has 0 bridgehead atoms. The average molecular weight is 210 g/mol. The van der Waals surface area contributed by atoms with E-state index in [1.165, 1.54) is 0 Å². The first-order valence-electron chi connectivity index (χ1n) is 4.43. The molecule has 0 atom stereocenters. The zero-order valence-electron chi connectivity index (χ0n) is 7.53. The number of aliphatic hydroxyl groups excluding tert-OH is 1. The van der Waals surface area contributed by atoms with E-state index in [0.717, 1.165) is 34.4 Å². The zero-order chi connectivity index (χ0) is 9.97. The van der Waals surface area contributed by atoms with Gasteiger partial charge >= 0.3 is 4.94 Å². The maximum atomic E-state index is 10.9. The first-order chi connectivity index (χ1) is 6.79. The number of aliphatic hydroxyl groups is 1. The van der Waals surface area contributed by atoms with Gasteiger partial charge in [0.2, 0.25) is 0 Å². The molecule has 0 aliphatic carbocycles. The summed E-state index contributed by atoms with van der Waals surface area (Å²) in [7, 11) is 0. The molecule has 14 heavy (non-hydrogen) atoms. The number of fused-ring (bicyclic) bond motifs is 1. The van der Waals surface area contributed by atoms with Crippen LogP contribution in [0, 0.1) is 0 Å². The highest BCUT2D eigenvalue weighted by Gasteiger charge is 2.02. The van der Waals surface area contributed by atoms with E-state index in [4.69, 9.17) is 9.52 Å². The fourth-order valence-electron chi connectivity index (χ4n) is 1.36. The van der Waals surface area contributed by atoms with Crippen molar-refractivity contribution in [1.29, 1.82) is 0 Å². The van der Waals surface area contributed by atoms with Crippen LogP contribution in [0.1, 0.15) is 12.0 Å². The molecule has 0 aliphatic rings. The molecule has 1 aromatic carbocycles. The minimum Gasteiger partial charge on any atom is -0.414 e. The van der Waals surface area contributed by atoms with Gasteiger partial charge in [0.25, 0.3) is 0 Å². The summed E-state index contributed by atoms with van der Waals surface area (Å²) < 4.78 is 5.87. The van der Waals surface area contributed by atoms with Crippen molar-refractivity contribution < 1.29 is 9.52 Å². The molecule has 0 unspecified atom stereocenters. The van der Waals surface area contributed by atoms with Gasteiger partial charge in [-0.05, 0) is 30.5 Å². The maximum absolute atomic E-state index is 10.9. The third kappa shape index (κ3) is 1.86. The van der Waals surface area contributed by atoms with Gasteiger partial charge in [-0.3, -0.25) is 0 Å². The first-order valence-corrected chi connectivity index (χ1v) is 5.24. The molecule has 4 heteroatoms. The molecule has 1 aromatic heterocycles. The SMILES string of the molecule is O=c1oc2cc(CCCO)ccc2s1. The molecule has 0 saturated heterocycles. The van der Waals surface area contributed by atoms with Crippen LogP contribution in [0.2, 0.25) is 0 Å². The van der Waals surface area contributed by atoms with Gasteiger partial charge in [-0.2, -0.15) is 0 Å². The van der Waals surface area contributed by atoms with E-state index in [-0.39, 0.29) is 11.5 Å². The molecule has 1 N–H and O–H groups in total. The Hall–Kier alpha value is -1.13. The molecule has 0 amide bonds. The van der Waals surface area contributed by atoms with Crippen molar-refractivity contribution >= 4 is 21.6 Å². The summed E-state index contributed by atoms with van der Waals surface area (Å²) in [4.78, 5) is 10.7. The molecule has 0 saturated carbocycles. The summed E-state index contributed by atoms with van der Waals surface area (Å²) in [6.07, 6.45) is 1.55. The quantitative estimate of drug-likeness (QED) is 0.840. The predicted molar refractivity (Wildman–Crippen MR) is 55.8 cm³/mol. The molecule has 1 heterocycles. The summed E-state index contributed by atoms with van der Waals surface area (Å²) in [6, 6.07) is 5.71. The summed E-state index contributed by atoms with van der Waals surface area (Å²) in [5, 5.41) is 8.67. The van der Waals surface area contributed by atoms with Crippen LogP contribution in [-0.4, -0.2) is 11.7 Å². The van der Waals surface area contributed by atoms with Crippen LogP contribution in [-0.2, 0) is 6.42 Å². The average Bonchev–Trinajstić information content (AvgIpc) is 2.54. The minimum absolute atomic E-state index is 0.186. The highest BCUT2D eigenvalue weighted by Crippen LogP contribution is 2.18. The Labute approximate surface area is 84.6 Å². The lowest BCUT2D eigenvalue weighted by molar-refractivity contribution is 0.288. The third-order valence-electron chi connectivity index (χ3n) is 2.02. The van der Waals surface area contributed by atoms with Crippen molar-refractivity contribution in [3.05, 3.63) is 33.5 Å². The van der Waals surface area contributed by atoms with Gasteiger partial charge in [-0.1, -0.05) is 17.4 Å². The summed E-state index contributed by atoms with van der Waals surface area (Å²) in [6.45, 7) is 0.186. The number of hydrogen-bond acceptors (Lipinski definition) is 4. The third-order valence-corrected chi connectivity index (χ3v) is 2.83. The van der Waals surface area contributed by atoms with E-state index in [9.17, 15) is 4.79 Å². The lowest BCUT2D eigenvalue weighted by Crippen LogP contribution is -1.88. The smallest absolute Gasteiger partial charge is 0.396 e. The van der Waals surface area contributed by atoms with Gasteiger partial charge in [0.05, 0.1) is 4.70 Å². The summed E-state index contributed by atoms with van der Waals surface area (Å²) in [5.74, 6) is 0. The molecule has 0 fully saturated rings. The number of hydrogen-bond donors (Lipinski definition) is 1. The highest BCUT2D eigenvalue weighted by molar-refractivity contribution is 7.16. The largest absolute Gasteiger partial charge is 0.414 e. The van der Waals surface area contributed by atoms with Gasteiger partial charge in [-0.15, -0.1) is 0 Å². The Morgan fingerprint density at radius 1 is 1.43 bits per heavy atom. The van der Waals surface area contributed by atoms with Crippen molar-refractivity contribution in [3.63, 3.8) is 0 Å². The molecule has 2 aromatic rings. The number of benzene rings is 1. The summed E-state index contributed by atoms with van der Waals surface area (Å²) in [5.41, 5.74) is 1.74. The van der Waals surface area contributed by atoms with Crippen LogP contribution in [0.3, 0.4) is 0 Å². The Kier molecular flexibility index (Phi) is 2.65. The van der Waals surface area contributed by atoms with Gasteiger partial charge in [0, 0.05) is 6.61 Å². The molecule has 0 aliphatic heterocycles. The number of rotatable bonds is 3. The molecule has 0 radical (unpaired) electrons. The second-order valence-electron chi connectivity index (χ2n) is 3.06. The number of aryl methyl sites for hydroxylation is 1. The van der Waals surface area contributed by atoms with Crippen molar-refractivity contribution in [2.75, 3.05) is 6.61 Å². The monoisotopic (exact) mass is 210 g/mol. The van der Waals surface area contributed by atoms with Gasteiger partial charge < -0.3 is 9.52 Å². The van der Waals surface area contributed by atoms with E-state index in [0.29, 0.717) is 5.58 Å². The van der Waals surface area contributed by atoms with E-state index in [1.807, 2.05) is 18.2 Å². The first kappa shape index (κ1) is 9.43. The van der Waals surface area contributed by atoms with Crippen LogP contribution >= 0.6 is 11.3 Å². The summed E-state index contributed by atoms with van der Waals surface area (Å²) >= 11 is 1.11. The normalized spacial score (nSPS) is 10.9. The van der Waals surface area contributed by atoms with Gasteiger partial charge in [0.15, 0.2) is 0 Å². The topological polar surface area (TPSA) is 50.4 Å². The van der Waals surface area contributed by atoms with Gasteiger partial charge in [-0.25, -0.2) is 4.79 Å². The van der Waals surface area contributed by atoms with E-state index in [1.54, 1.807) is 0 Å². The Balaban J connectivity index is 2.35. The van der Waals surface area contributed by atoms with Crippen LogP contribution in [0.5, 0.6) is 0 Å². The molecule has 0 spiro atoms. The van der Waals surface area contributed by atoms with Crippen LogP contribution in [0.4, 0.5) is 0 Å². The second-order valence-corrected chi connectivity index (χ2v) is 4.04. The van der Waals surface area contributed by atoms with Crippen molar-refractivity contribution in [2.45, 2.75) is 12.8 Å². The lowest BCUT2D eigenvalue weighted by atomic mass is 10.1. The Bertz CT molecular complexity index is 483. The maximum Gasteiger partial charge on any atom is 0.396 e. The minimum atomic E-state index is -0.265. The fraction of sp³-hybridized carbons (Fsp3) is 0.300. The Morgan fingerprint density at radius 3 is 3.07 bits per heavy atom. The van der Waals surface area contributed by atoms with Crippen molar-refractivity contribution in [3.8, 4) is 0 Å². The molecular formula is C10H10O3S. The van der Waals surface area contributed by atoms with E-state index < -0.39 is 0 Å². The zero-order valence-corrected chi connectivity index (χ0v) is 8.34. The van der Waals surface area contributed by atoms with Gasteiger partial charge in [0.1, 0.15) is 5.58 Å². The molecular weight excluding hydrogens is 200 g/mol. The lowest BCUT2D eigenvalue weighted by Gasteiger charge is -1.97. The van der Waals surface area contributed by atoms with E-state index in [2.05, 4.69) is 0 Å². The highest BCUT2D eigenvalue weighted by atomic mass is 32.1. The fourth-order valence-corrected chi connectivity index (χ4v) is 2.00. The van der Waals surface area contributed by atoms with Crippen molar-refractivity contribution in [2.24, 2.45) is 0 Å². The van der Waals surface area contributed by atoms with E-state index >= 15 is 0 Å². The van der Waals surface area contributed by atoms with Crippen molar-refractivity contribution in [1.82, 2.24) is 0 Å².